The highest BCUT2D eigenvalue weighted by Gasteiger charge is 2.27. The Morgan fingerprint density at radius 1 is 0.620 bits per heavy atom. The first-order valence-corrected chi connectivity index (χ1v) is 17.5. The minimum Gasteiger partial charge on any atom is -0.480 e. The third-order valence-corrected chi connectivity index (χ3v) is 8.80. The highest BCUT2D eigenvalue weighted by molar-refractivity contribution is 5.69. The van der Waals surface area contributed by atoms with Crippen molar-refractivity contribution in [3.63, 3.8) is 0 Å². The predicted molar refractivity (Wildman–Crippen MR) is 184 cm³/mol. The zero-order valence-electron chi connectivity index (χ0n) is 29.7. The third-order valence-electron chi connectivity index (χ3n) is 8.80. The molecule has 2 heterocycles. The van der Waals surface area contributed by atoms with Crippen LogP contribution in [-0.2, 0) is 23.9 Å². The van der Waals surface area contributed by atoms with Crippen molar-refractivity contribution in [3.05, 3.63) is 0 Å². The molecular formula is C31H64N8O11. The van der Waals surface area contributed by atoms with E-state index in [2.05, 4.69) is 16.0 Å². The molecule has 4 atom stereocenters. The van der Waals surface area contributed by atoms with Crippen molar-refractivity contribution in [3.8, 4) is 0 Å². The van der Waals surface area contributed by atoms with E-state index in [0.29, 0.717) is 71.7 Å². The van der Waals surface area contributed by atoms with Crippen LogP contribution in [0.15, 0.2) is 0 Å². The Hall–Kier alpha value is -2.11. The van der Waals surface area contributed by atoms with Gasteiger partial charge >= 0.3 is 5.97 Å². The highest BCUT2D eigenvalue weighted by atomic mass is 16.5. The van der Waals surface area contributed by atoms with E-state index in [9.17, 15) is 39.9 Å². The van der Waals surface area contributed by atoms with E-state index in [1.165, 1.54) is 0 Å². The van der Waals surface area contributed by atoms with Gasteiger partial charge in [0.15, 0.2) is 0 Å². The highest BCUT2D eigenvalue weighted by Crippen LogP contribution is 2.10. The molecule has 9 N–H and O–H groups in total. The molecule has 19 nitrogen and oxygen atoms in total. The molecule has 0 spiro atoms. The van der Waals surface area contributed by atoms with E-state index >= 15 is 0 Å². The number of carboxylic acid groups (broad SMARTS) is 1. The quantitative estimate of drug-likeness (QED) is 0.0674. The van der Waals surface area contributed by atoms with Crippen molar-refractivity contribution in [1.29, 1.82) is 0 Å². The van der Waals surface area contributed by atoms with Crippen LogP contribution in [-0.4, -0.2) is 243 Å². The Morgan fingerprint density at radius 2 is 1.02 bits per heavy atom. The van der Waals surface area contributed by atoms with Crippen molar-refractivity contribution < 1.29 is 54.5 Å². The summed E-state index contributed by atoms with van der Waals surface area (Å²) in [6.45, 7) is 12.5. The Kier molecular flexibility index (Phi) is 27.1. The molecule has 4 unspecified atom stereocenters. The molecule has 0 aromatic rings. The van der Waals surface area contributed by atoms with E-state index in [-0.39, 0.29) is 39.8 Å². The van der Waals surface area contributed by atoms with Crippen molar-refractivity contribution in [1.82, 2.24) is 40.4 Å². The van der Waals surface area contributed by atoms with Crippen molar-refractivity contribution in [2.45, 2.75) is 37.6 Å². The number of nitrogens with zero attached hydrogens (tertiary/aromatic N) is 5. The molecule has 2 rings (SSSR count). The summed E-state index contributed by atoms with van der Waals surface area (Å²) >= 11 is 0. The maximum Gasteiger partial charge on any atom is 0.317 e. The second kappa shape index (κ2) is 29.5. The lowest BCUT2D eigenvalue weighted by molar-refractivity contribution is -0.139. The molecule has 0 aromatic carbocycles. The van der Waals surface area contributed by atoms with Crippen molar-refractivity contribution >= 4 is 18.9 Å². The summed E-state index contributed by atoms with van der Waals surface area (Å²) in [6.07, 6.45) is -1.15. The standard InChI is InChI=1S/C19H36N4O8.C12H28N4O3/c1-2-18(27)17(12-24)23-9-7-20(11-19(28)29)3-4-21(13-30-15-25)5-6-22(8-10-23)14-31-16-26;17-9-11(12(19)10-18)16-7-5-14-3-1-13-2-4-15-6-8-16/h15-18,24,27H,2-14H2,1H3,(H,28,29);11-15,17-19H,1-10H2. The number of rotatable bonds is 16. The number of nitrogens with one attached hydrogen (secondary N) is 3. The Labute approximate surface area is 296 Å². The minimum atomic E-state index is -0.946. The third kappa shape index (κ3) is 20.1. The first kappa shape index (κ1) is 45.9. The van der Waals surface area contributed by atoms with Crippen LogP contribution in [0.1, 0.15) is 13.3 Å². The molecule has 50 heavy (non-hydrogen) atoms. The van der Waals surface area contributed by atoms with Crippen LogP contribution in [0.25, 0.3) is 0 Å². The molecule has 2 fully saturated rings. The number of aliphatic hydroxyl groups excluding tert-OH is 5. The largest absolute Gasteiger partial charge is 0.480 e. The molecule has 0 aromatic heterocycles. The number of hydrogen-bond donors (Lipinski definition) is 9. The molecule has 294 valence electrons. The lowest BCUT2D eigenvalue weighted by Gasteiger charge is -2.37. The maximum atomic E-state index is 11.3. The monoisotopic (exact) mass is 724 g/mol. The lowest BCUT2D eigenvalue weighted by atomic mass is 10.1. The Morgan fingerprint density at radius 3 is 1.44 bits per heavy atom. The topological polar surface area (TPSA) is 243 Å². The van der Waals surface area contributed by atoms with Crippen LogP contribution in [0.2, 0.25) is 0 Å². The number of carbonyl (C=O) groups is 3. The van der Waals surface area contributed by atoms with Gasteiger partial charge in [0.1, 0.15) is 13.5 Å². The predicted octanol–water partition coefficient (Wildman–Crippen LogP) is -5.53. The van der Waals surface area contributed by atoms with E-state index in [1.807, 2.05) is 26.5 Å². The average Bonchev–Trinajstić information content (AvgIpc) is 3.10. The first-order valence-electron chi connectivity index (χ1n) is 17.5. The molecule has 0 radical (unpaired) electrons. The molecule has 19 heteroatoms. The molecule has 2 aliphatic heterocycles. The van der Waals surface area contributed by atoms with Gasteiger partial charge in [-0.2, -0.15) is 0 Å². The number of ether oxygens (including phenoxy) is 2. The molecule has 2 saturated heterocycles. The SMILES string of the molecule is CCC(O)C(CO)N1CCN(COC=O)CCN(COC=O)CCN(CC(=O)O)CC1.OCC(O)C(CO)N1CCNCCNCCNCC1. The first-order chi connectivity index (χ1) is 24.2. The van der Waals surface area contributed by atoms with Gasteiger partial charge in [-0.15, -0.1) is 0 Å². The molecule has 0 saturated carbocycles. The van der Waals surface area contributed by atoms with E-state index < -0.39 is 30.3 Å². The van der Waals surface area contributed by atoms with Gasteiger partial charge < -0.3 is 56.1 Å². The van der Waals surface area contributed by atoms with Gasteiger partial charge in [0.2, 0.25) is 0 Å². The number of aliphatic carboxylic acids is 1. The zero-order valence-corrected chi connectivity index (χ0v) is 29.7. The second-order valence-corrected chi connectivity index (χ2v) is 12.2. The summed E-state index contributed by atoms with van der Waals surface area (Å²) < 4.78 is 9.79. The maximum absolute atomic E-state index is 11.3. The second-order valence-electron chi connectivity index (χ2n) is 12.2. The van der Waals surface area contributed by atoms with Crippen LogP contribution in [0.5, 0.6) is 0 Å². The minimum absolute atomic E-state index is 0.0776. The number of aliphatic hydroxyl groups is 5. The van der Waals surface area contributed by atoms with Crippen LogP contribution in [0.3, 0.4) is 0 Å². The summed E-state index contributed by atoms with van der Waals surface area (Å²) in [5.41, 5.74) is 0. The smallest absolute Gasteiger partial charge is 0.317 e. The summed E-state index contributed by atoms with van der Waals surface area (Å²) in [5.74, 6) is -0.946. The average molecular weight is 725 g/mol. The molecule has 2 aliphatic rings. The fourth-order valence-electron chi connectivity index (χ4n) is 5.74. The van der Waals surface area contributed by atoms with Gasteiger partial charge in [0.05, 0.1) is 50.7 Å². The number of hydrogen-bond acceptors (Lipinski definition) is 18. The Bertz CT molecular complexity index is 859. The van der Waals surface area contributed by atoms with Crippen molar-refractivity contribution in [2.24, 2.45) is 0 Å². The van der Waals surface area contributed by atoms with Gasteiger partial charge in [0, 0.05) is 105 Å². The van der Waals surface area contributed by atoms with Gasteiger partial charge in [-0.05, 0) is 6.42 Å². The number of carboxylic acids is 1. The van der Waals surface area contributed by atoms with Gasteiger partial charge in [0.25, 0.3) is 12.9 Å². The molecular weight excluding hydrogens is 660 g/mol. The molecule has 0 bridgehead atoms. The van der Waals surface area contributed by atoms with Crippen LogP contribution in [0.4, 0.5) is 0 Å². The zero-order chi connectivity index (χ0) is 37.0. The van der Waals surface area contributed by atoms with Gasteiger partial charge in [-0.25, -0.2) is 0 Å². The summed E-state index contributed by atoms with van der Waals surface area (Å²) in [7, 11) is 0. The van der Waals surface area contributed by atoms with Crippen LogP contribution >= 0.6 is 0 Å². The Balaban J connectivity index is 0.000000561. The van der Waals surface area contributed by atoms with E-state index in [1.54, 1.807) is 4.90 Å². The summed E-state index contributed by atoms with van der Waals surface area (Å²) in [5, 5.41) is 67.6. The van der Waals surface area contributed by atoms with Crippen LogP contribution in [0, 0.1) is 0 Å². The molecule has 0 aliphatic carbocycles. The van der Waals surface area contributed by atoms with Gasteiger partial charge in [-0.3, -0.25) is 38.9 Å². The normalized spacial score (nSPS) is 22.0. The lowest BCUT2D eigenvalue weighted by Crippen LogP contribution is -2.53. The van der Waals surface area contributed by atoms with E-state index in [4.69, 9.17) is 14.6 Å². The summed E-state index contributed by atoms with van der Waals surface area (Å²) in [6, 6.07) is -0.888. The van der Waals surface area contributed by atoms with Crippen molar-refractivity contribution in [2.75, 3.05) is 145 Å². The van der Waals surface area contributed by atoms with E-state index in [0.717, 1.165) is 52.4 Å². The number of carbonyl (C=O) groups excluding carboxylic acids is 2. The van der Waals surface area contributed by atoms with Gasteiger partial charge in [-0.1, -0.05) is 6.92 Å². The van der Waals surface area contributed by atoms with Crippen LogP contribution < -0.4 is 16.0 Å². The fraction of sp³-hybridized carbons (Fsp3) is 0.903. The fourth-order valence-corrected chi connectivity index (χ4v) is 5.74. The summed E-state index contributed by atoms with van der Waals surface area (Å²) in [4.78, 5) is 42.1. The molecule has 0 amide bonds.